The first-order valence-corrected chi connectivity index (χ1v) is 14.0. The molecule has 1 aliphatic carbocycles. The van der Waals surface area contributed by atoms with Gasteiger partial charge < -0.3 is 29.7 Å². The molecule has 10 heteroatoms. The van der Waals surface area contributed by atoms with Crippen LogP contribution in [0.5, 0.6) is 0 Å². The molecule has 3 fully saturated rings. The number of fused-ring (bicyclic) bond motifs is 1. The number of anilines is 2. The molecule has 2 aromatic heterocycles. The molecule has 3 aliphatic rings. The van der Waals surface area contributed by atoms with Crippen molar-refractivity contribution in [1.82, 2.24) is 24.8 Å². The van der Waals surface area contributed by atoms with E-state index in [0.717, 1.165) is 98.5 Å². The summed E-state index contributed by atoms with van der Waals surface area (Å²) >= 11 is 0. The minimum atomic E-state index is -0.0356. The average molecular weight is 529 g/mol. The van der Waals surface area contributed by atoms with Crippen LogP contribution in [0.15, 0.2) is 36.7 Å². The van der Waals surface area contributed by atoms with Crippen molar-refractivity contribution in [3.8, 4) is 17.5 Å². The van der Waals surface area contributed by atoms with E-state index in [2.05, 4.69) is 37.4 Å². The Hall–Kier alpha value is -3.84. The van der Waals surface area contributed by atoms with Crippen molar-refractivity contribution in [2.75, 3.05) is 56.7 Å². The number of rotatable bonds is 4. The van der Waals surface area contributed by atoms with E-state index in [1.807, 2.05) is 36.2 Å². The molecule has 3 aromatic rings. The lowest BCUT2D eigenvalue weighted by molar-refractivity contribution is 0.0613. The maximum Gasteiger partial charge on any atom is 0.321 e. The van der Waals surface area contributed by atoms with Crippen LogP contribution in [0.3, 0.4) is 0 Å². The van der Waals surface area contributed by atoms with Crippen molar-refractivity contribution < 1.29 is 9.53 Å². The van der Waals surface area contributed by atoms with Crippen molar-refractivity contribution >= 4 is 28.6 Å². The fourth-order valence-electron chi connectivity index (χ4n) is 6.41. The van der Waals surface area contributed by atoms with Crippen LogP contribution in [0, 0.1) is 16.9 Å². The van der Waals surface area contributed by atoms with Crippen LogP contribution < -0.4 is 10.2 Å². The molecule has 10 nitrogen and oxygen atoms in total. The molecule has 2 N–H and O–H groups in total. The summed E-state index contributed by atoms with van der Waals surface area (Å²) in [5, 5.41) is 13.3. The van der Waals surface area contributed by atoms with Gasteiger partial charge >= 0.3 is 6.03 Å². The van der Waals surface area contributed by atoms with Gasteiger partial charge in [-0.15, -0.1) is 0 Å². The molecular weight excluding hydrogens is 492 g/mol. The first-order valence-electron chi connectivity index (χ1n) is 14.0. The van der Waals surface area contributed by atoms with Gasteiger partial charge in [0, 0.05) is 50.6 Å². The molecule has 0 bridgehead atoms. The second kappa shape index (κ2) is 10.7. The monoisotopic (exact) mass is 528 g/mol. The number of benzene rings is 1. The summed E-state index contributed by atoms with van der Waals surface area (Å²) in [7, 11) is 1.89. The summed E-state index contributed by atoms with van der Waals surface area (Å²) < 4.78 is 5.49. The van der Waals surface area contributed by atoms with Crippen molar-refractivity contribution in [3.05, 3.63) is 36.7 Å². The van der Waals surface area contributed by atoms with E-state index in [0.29, 0.717) is 24.7 Å². The molecule has 39 heavy (non-hydrogen) atoms. The number of hydrogen-bond donors (Lipinski definition) is 2. The quantitative estimate of drug-likeness (QED) is 0.380. The number of aromatic amines is 1. The minimum absolute atomic E-state index is 0.0356. The maximum atomic E-state index is 13.0. The van der Waals surface area contributed by atoms with Gasteiger partial charge in [0.25, 0.3) is 0 Å². The number of urea groups is 1. The molecule has 1 saturated carbocycles. The van der Waals surface area contributed by atoms with Crippen LogP contribution in [0.1, 0.15) is 38.5 Å². The van der Waals surface area contributed by atoms with E-state index >= 15 is 0 Å². The summed E-state index contributed by atoms with van der Waals surface area (Å²) in [4.78, 5) is 31.4. The Bertz CT molecular complexity index is 1340. The maximum absolute atomic E-state index is 13.0. The number of aromatic nitrogens is 3. The summed E-state index contributed by atoms with van der Waals surface area (Å²) in [5.41, 5.74) is 3.92. The lowest BCUT2D eigenvalue weighted by Crippen LogP contribution is -2.47. The summed E-state index contributed by atoms with van der Waals surface area (Å²) in [6.45, 7) is 4.61. The highest BCUT2D eigenvalue weighted by molar-refractivity contribution is 5.93. The fourth-order valence-corrected chi connectivity index (χ4v) is 6.41. The first-order chi connectivity index (χ1) is 19.0. The predicted molar refractivity (Wildman–Crippen MR) is 150 cm³/mol. The molecule has 2 saturated heterocycles. The average Bonchev–Trinajstić information content (AvgIpc) is 3.43. The molecule has 1 aromatic carbocycles. The Morgan fingerprint density at radius 2 is 1.82 bits per heavy atom. The molecule has 4 heterocycles. The third-order valence-corrected chi connectivity index (χ3v) is 8.99. The summed E-state index contributed by atoms with van der Waals surface area (Å²) in [5.74, 6) is 0.931. The summed E-state index contributed by atoms with van der Waals surface area (Å²) in [6.07, 6.45) is 10.4. The molecule has 6 rings (SSSR count). The smallest absolute Gasteiger partial charge is 0.321 e. The van der Waals surface area contributed by atoms with Crippen LogP contribution in [-0.4, -0.2) is 83.3 Å². The molecule has 2 amide bonds. The Balaban J connectivity index is 1.06. The van der Waals surface area contributed by atoms with Crippen molar-refractivity contribution in [2.45, 2.75) is 44.6 Å². The molecule has 1 spiro atoms. The lowest BCUT2D eigenvalue weighted by atomic mass is 9.67. The zero-order valence-electron chi connectivity index (χ0n) is 22.5. The number of H-pyrrole nitrogens is 1. The van der Waals surface area contributed by atoms with E-state index in [9.17, 15) is 10.1 Å². The van der Waals surface area contributed by atoms with Gasteiger partial charge in [0.05, 0.1) is 18.6 Å². The fraction of sp³-hybridized carbons (Fsp3) is 0.517. The summed E-state index contributed by atoms with van der Waals surface area (Å²) in [6, 6.07) is 10.4. The van der Waals surface area contributed by atoms with Crippen LogP contribution in [0.4, 0.5) is 16.3 Å². The van der Waals surface area contributed by atoms with Crippen LogP contribution in [0.25, 0.3) is 22.3 Å². The number of likely N-dealkylation sites (tertiary alicyclic amines) is 1. The third-order valence-electron chi connectivity index (χ3n) is 8.99. The highest BCUT2D eigenvalue weighted by atomic mass is 16.5. The Kier molecular flexibility index (Phi) is 7.00. The molecule has 0 unspecified atom stereocenters. The lowest BCUT2D eigenvalue weighted by Gasteiger charge is -2.46. The van der Waals surface area contributed by atoms with E-state index in [-0.39, 0.29) is 6.03 Å². The Labute approximate surface area is 229 Å². The van der Waals surface area contributed by atoms with Gasteiger partial charge in [-0.25, -0.2) is 14.8 Å². The number of amides is 2. The number of carbonyl (C=O) groups is 1. The van der Waals surface area contributed by atoms with Gasteiger partial charge in [-0.1, -0.05) is 12.1 Å². The van der Waals surface area contributed by atoms with Gasteiger partial charge in [0.1, 0.15) is 17.8 Å². The molecule has 0 atom stereocenters. The highest BCUT2D eigenvalue weighted by Gasteiger charge is 2.39. The normalized spacial score (nSPS) is 19.7. The zero-order chi connectivity index (χ0) is 26.8. The number of nitrogens with zero attached hydrogens (tertiary/aromatic N) is 6. The first kappa shape index (κ1) is 25.4. The van der Waals surface area contributed by atoms with Gasteiger partial charge in [0.15, 0.2) is 6.19 Å². The Morgan fingerprint density at radius 1 is 1.10 bits per heavy atom. The number of morpholine rings is 1. The van der Waals surface area contributed by atoms with Crippen molar-refractivity contribution in [3.63, 3.8) is 0 Å². The number of ether oxygens (including phenoxy) is 1. The van der Waals surface area contributed by atoms with Gasteiger partial charge in [0.2, 0.25) is 0 Å². The van der Waals surface area contributed by atoms with Crippen LogP contribution in [-0.2, 0) is 4.74 Å². The molecule has 0 radical (unpaired) electrons. The predicted octanol–water partition coefficient (Wildman–Crippen LogP) is 4.43. The van der Waals surface area contributed by atoms with E-state index < -0.39 is 0 Å². The van der Waals surface area contributed by atoms with Crippen molar-refractivity contribution in [2.24, 2.45) is 5.41 Å². The van der Waals surface area contributed by atoms with E-state index in [4.69, 9.17) is 4.74 Å². The Morgan fingerprint density at radius 3 is 2.51 bits per heavy atom. The number of nitriles is 1. The minimum Gasteiger partial charge on any atom is -0.378 e. The third kappa shape index (κ3) is 5.23. The second-order valence-corrected chi connectivity index (χ2v) is 11.2. The van der Waals surface area contributed by atoms with Crippen LogP contribution in [0.2, 0.25) is 0 Å². The molecule has 2 aliphatic heterocycles. The number of hydrogen-bond acceptors (Lipinski definition) is 7. The SMILES string of the molecule is CN(C#N)C1CCC2(CC1)CCN(C(=O)Nc1ccc(-c3cc4c(N5CCOCC5)ncnc4[nH]3)cc1)CC2. The number of piperidine rings is 1. The number of carbonyl (C=O) groups excluding carboxylic acids is 1. The second-order valence-electron chi connectivity index (χ2n) is 11.2. The highest BCUT2D eigenvalue weighted by Crippen LogP contribution is 2.45. The molecule has 204 valence electrons. The van der Waals surface area contributed by atoms with Gasteiger partial charge in [-0.05, 0) is 67.7 Å². The zero-order valence-corrected chi connectivity index (χ0v) is 22.5. The van der Waals surface area contributed by atoms with Gasteiger partial charge in [-0.3, -0.25) is 0 Å². The van der Waals surface area contributed by atoms with Gasteiger partial charge in [-0.2, -0.15) is 5.26 Å². The standard InChI is InChI=1S/C29H36N8O2/c1-35(19-30)23-6-8-29(9-7-23)10-12-37(13-11-29)28(38)33-22-4-2-21(3-5-22)25-18-24-26(34-25)31-20-32-27(24)36-14-16-39-17-15-36/h2-5,18,20,23H,6-17H2,1H3,(H,33,38)(H,31,32,34). The topological polar surface area (TPSA) is 113 Å². The van der Waals surface area contributed by atoms with E-state index in [1.54, 1.807) is 11.2 Å². The molecular formula is C29H36N8O2. The van der Waals surface area contributed by atoms with Crippen molar-refractivity contribution in [1.29, 1.82) is 5.26 Å². The number of nitrogens with one attached hydrogen (secondary N) is 2. The van der Waals surface area contributed by atoms with E-state index in [1.165, 1.54) is 0 Å². The van der Waals surface area contributed by atoms with Crippen LogP contribution >= 0.6 is 0 Å². The largest absolute Gasteiger partial charge is 0.378 e.